The van der Waals surface area contributed by atoms with Crippen molar-refractivity contribution in [3.05, 3.63) is 0 Å². The minimum absolute atomic E-state index is 0. The normalized spacial score (nSPS) is 10.2. The standard InChI is InChI=1S/C8H18N2O.H2/c1-4-8(11)9-6-5-7-10(2)3;/h4-7H2,1-3H3,(H,9,11);1H. The molecule has 0 rings (SSSR count). The third kappa shape index (κ3) is 7.33. The first-order valence-corrected chi connectivity index (χ1v) is 4.08. The van der Waals surface area contributed by atoms with E-state index in [4.69, 9.17) is 0 Å². The van der Waals surface area contributed by atoms with Crippen molar-refractivity contribution in [2.24, 2.45) is 0 Å². The molecule has 3 heteroatoms. The molecule has 11 heavy (non-hydrogen) atoms. The molecule has 0 bridgehead atoms. The molecule has 0 aliphatic carbocycles. The molecule has 0 radical (unpaired) electrons. The second-order valence-electron chi connectivity index (χ2n) is 2.86. The molecule has 68 valence electrons. The Hall–Kier alpha value is -0.570. The fraction of sp³-hybridized carbons (Fsp3) is 0.875. The third-order valence-electron chi connectivity index (χ3n) is 1.43. The molecule has 0 atom stereocenters. The van der Waals surface area contributed by atoms with Gasteiger partial charge in [0.2, 0.25) is 5.91 Å². The van der Waals surface area contributed by atoms with Crippen molar-refractivity contribution in [1.29, 1.82) is 0 Å². The summed E-state index contributed by atoms with van der Waals surface area (Å²) in [4.78, 5) is 12.8. The molecule has 0 aliphatic rings. The fourth-order valence-corrected chi connectivity index (χ4v) is 0.748. The van der Waals surface area contributed by atoms with E-state index >= 15 is 0 Å². The topological polar surface area (TPSA) is 32.3 Å². The lowest BCUT2D eigenvalue weighted by molar-refractivity contribution is -0.120. The molecule has 0 spiro atoms. The van der Waals surface area contributed by atoms with Crippen LogP contribution in [0.1, 0.15) is 21.2 Å². The van der Waals surface area contributed by atoms with Crippen LogP contribution in [0.5, 0.6) is 0 Å². The van der Waals surface area contributed by atoms with Crippen LogP contribution in [0.2, 0.25) is 0 Å². The predicted molar refractivity (Wildman–Crippen MR) is 48.6 cm³/mol. The summed E-state index contributed by atoms with van der Waals surface area (Å²) in [5, 5.41) is 2.82. The van der Waals surface area contributed by atoms with Crippen molar-refractivity contribution >= 4 is 5.91 Å². The molecule has 0 saturated heterocycles. The molecule has 0 unspecified atom stereocenters. The number of amides is 1. The molecule has 0 aliphatic heterocycles. The van der Waals surface area contributed by atoms with E-state index < -0.39 is 0 Å². The van der Waals surface area contributed by atoms with Crippen LogP contribution in [0.3, 0.4) is 0 Å². The van der Waals surface area contributed by atoms with E-state index in [-0.39, 0.29) is 7.33 Å². The Morgan fingerprint density at radius 1 is 1.55 bits per heavy atom. The van der Waals surface area contributed by atoms with Crippen molar-refractivity contribution in [2.75, 3.05) is 27.2 Å². The highest BCUT2D eigenvalue weighted by molar-refractivity contribution is 5.75. The van der Waals surface area contributed by atoms with Crippen LogP contribution in [0.15, 0.2) is 0 Å². The summed E-state index contributed by atoms with van der Waals surface area (Å²) in [6.45, 7) is 3.69. The second kappa shape index (κ2) is 6.16. The molecular weight excluding hydrogens is 140 g/mol. The molecule has 0 saturated carbocycles. The molecule has 1 N–H and O–H groups in total. The Labute approximate surface area is 70.2 Å². The minimum atomic E-state index is 0. The molecule has 3 nitrogen and oxygen atoms in total. The summed E-state index contributed by atoms with van der Waals surface area (Å²) in [7, 11) is 4.06. The van der Waals surface area contributed by atoms with Crippen molar-refractivity contribution < 1.29 is 6.22 Å². The van der Waals surface area contributed by atoms with Gasteiger partial charge in [0.1, 0.15) is 0 Å². The van der Waals surface area contributed by atoms with Gasteiger partial charge in [-0.15, -0.1) is 0 Å². The average Bonchev–Trinajstić information content (AvgIpc) is 1.97. The van der Waals surface area contributed by atoms with Crippen LogP contribution in [0.25, 0.3) is 0 Å². The van der Waals surface area contributed by atoms with E-state index in [1.165, 1.54) is 0 Å². The monoisotopic (exact) mass is 160 g/mol. The summed E-state index contributed by atoms with van der Waals surface area (Å²) >= 11 is 0. The highest BCUT2D eigenvalue weighted by Crippen LogP contribution is 1.81. The number of carbonyl (C=O) groups excluding carboxylic acids is 1. The maximum absolute atomic E-state index is 10.7. The summed E-state index contributed by atoms with van der Waals surface area (Å²) in [6.07, 6.45) is 1.61. The van der Waals surface area contributed by atoms with Crippen molar-refractivity contribution in [3.63, 3.8) is 0 Å². The van der Waals surface area contributed by atoms with E-state index in [0.717, 1.165) is 19.5 Å². The van der Waals surface area contributed by atoms with Gasteiger partial charge in [-0.3, -0.25) is 4.79 Å². The van der Waals surface area contributed by atoms with Gasteiger partial charge in [0.05, 0.1) is 0 Å². The molecular formula is C8H20N2O. The van der Waals surface area contributed by atoms with Gasteiger partial charge in [-0.1, -0.05) is 6.92 Å². The van der Waals surface area contributed by atoms with E-state index in [0.29, 0.717) is 6.42 Å². The van der Waals surface area contributed by atoms with Crippen molar-refractivity contribution in [2.45, 2.75) is 19.8 Å². The van der Waals surface area contributed by atoms with Gasteiger partial charge in [0.25, 0.3) is 0 Å². The van der Waals surface area contributed by atoms with Gasteiger partial charge in [-0.05, 0) is 27.1 Å². The smallest absolute Gasteiger partial charge is 0.219 e. The lowest BCUT2D eigenvalue weighted by Crippen LogP contribution is -2.26. The third-order valence-corrected chi connectivity index (χ3v) is 1.43. The number of rotatable bonds is 5. The SMILES string of the molecule is CCC(=O)NCCCN(C)C.[HH]. The largest absolute Gasteiger partial charge is 0.356 e. The predicted octanol–water partition coefficient (Wildman–Crippen LogP) is 0.710. The first-order chi connectivity index (χ1) is 5.16. The lowest BCUT2D eigenvalue weighted by atomic mass is 10.4. The number of nitrogens with one attached hydrogen (secondary N) is 1. The van der Waals surface area contributed by atoms with Crippen LogP contribution < -0.4 is 5.32 Å². The highest BCUT2D eigenvalue weighted by Gasteiger charge is 1.94. The molecule has 0 aromatic rings. The Morgan fingerprint density at radius 3 is 2.64 bits per heavy atom. The molecule has 0 aromatic carbocycles. The van der Waals surface area contributed by atoms with Gasteiger partial charge >= 0.3 is 0 Å². The van der Waals surface area contributed by atoms with Gasteiger partial charge in [0, 0.05) is 14.4 Å². The summed E-state index contributed by atoms with van der Waals surface area (Å²) in [6, 6.07) is 0. The lowest BCUT2D eigenvalue weighted by Gasteiger charge is -2.08. The number of nitrogens with zero attached hydrogens (tertiary/aromatic N) is 1. The van der Waals surface area contributed by atoms with Crippen LogP contribution in [-0.4, -0.2) is 38.0 Å². The van der Waals surface area contributed by atoms with Gasteiger partial charge in [-0.2, -0.15) is 0 Å². The van der Waals surface area contributed by atoms with Gasteiger partial charge < -0.3 is 10.2 Å². The maximum atomic E-state index is 10.7. The highest BCUT2D eigenvalue weighted by atomic mass is 16.1. The second-order valence-corrected chi connectivity index (χ2v) is 2.86. The Balaban J connectivity index is 0. The number of hydrogen-bond acceptors (Lipinski definition) is 2. The zero-order valence-electron chi connectivity index (χ0n) is 7.68. The van der Waals surface area contributed by atoms with Crippen LogP contribution in [0, 0.1) is 0 Å². The fourth-order valence-electron chi connectivity index (χ4n) is 0.748. The van der Waals surface area contributed by atoms with Gasteiger partial charge in [-0.25, -0.2) is 0 Å². The average molecular weight is 160 g/mol. The first-order valence-electron chi connectivity index (χ1n) is 4.08. The van der Waals surface area contributed by atoms with Crippen LogP contribution in [0.4, 0.5) is 0 Å². The molecule has 0 fully saturated rings. The van der Waals surface area contributed by atoms with E-state index in [2.05, 4.69) is 10.2 Å². The Kier molecular flexibility index (Phi) is 5.84. The number of hydrogen-bond donors (Lipinski definition) is 1. The van der Waals surface area contributed by atoms with Crippen LogP contribution in [-0.2, 0) is 4.79 Å². The zero-order chi connectivity index (χ0) is 8.69. The Morgan fingerprint density at radius 2 is 2.18 bits per heavy atom. The first kappa shape index (κ1) is 10.4. The summed E-state index contributed by atoms with van der Waals surface area (Å²) in [5.74, 6) is 0.142. The van der Waals surface area contributed by atoms with Crippen molar-refractivity contribution in [1.82, 2.24) is 10.2 Å². The van der Waals surface area contributed by atoms with E-state index in [1.54, 1.807) is 0 Å². The van der Waals surface area contributed by atoms with Crippen LogP contribution >= 0.6 is 0 Å². The zero-order valence-corrected chi connectivity index (χ0v) is 7.68. The minimum Gasteiger partial charge on any atom is -0.356 e. The van der Waals surface area contributed by atoms with Crippen molar-refractivity contribution in [3.8, 4) is 0 Å². The molecule has 0 aromatic heterocycles. The number of carbonyl (C=O) groups is 1. The molecule has 1 amide bonds. The van der Waals surface area contributed by atoms with Gasteiger partial charge in [0.15, 0.2) is 0 Å². The Bertz CT molecular complexity index is 118. The van der Waals surface area contributed by atoms with E-state index in [1.807, 2.05) is 21.0 Å². The van der Waals surface area contributed by atoms with E-state index in [9.17, 15) is 4.79 Å². The quantitative estimate of drug-likeness (QED) is 0.601. The molecule has 0 heterocycles. The maximum Gasteiger partial charge on any atom is 0.219 e. The summed E-state index contributed by atoms with van der Waals surface area (Å²) < 4.78 is 0. The summed E-state index contributed by atoms with van der Waals surface area (Å²) in [5.41, 5.74) is 0.